The zero-order chi connectivity index (χ0) is 13.1. The van der Waals surface area contributed by atoms with E-state index in [4.69, 9.17) is 11.6 Å². The fourth-order valence-electron chi connectivity index (χ4n) is 2.23. The van der Waals surface area contributed by atoms with E-state index in [1.54, 1.807) is 10.6 Å². The second kappa shape index (κ2) is 5.52. The summed E-state index contributed by atoms with van der Waals surface area (Å²) in [5.41, 5.74) is 0. The third-order valence-electron chi connectivity index (χ3n) is 3.35. The smallest absolute Gasteiger partial charge is 0.255 e. The standard InChI is InChI=1S/C12H18ClN5/c1-4-9(5-2)8(3)16-11-6-10(13)17-12-14-7-15-18(11)12/h6-9,16H,4-5H2,1-3H3. The second-order valence-corrected chi connectivity index (χ2v) is 4.83. The molecule has 0 saturated heterocycles. The van der Waals surface area contributed by atoms with Crippen molar-refractivity contribution >= 4 is 23.2 Å². The van der Waals surface area contributed by atoms with Crippen LogP contribution in [0.3, 0.4) is 0 Å². The van der Waals surface area contributed by atoms with Gasteiger partial charge in [-0.15, -0.1) is 0 Å². The van der Waals surface area contributed by atoms with Crippen LogP contribution in [0.5, 0.6) is 0 Å². The van der Waals surface area contributed by atoms with Gasteiger partial charge >= 0.3 is 0 Å². The molecule has 5 nitrogen and oxygen atoms in total. The Morgan fingerprint density at radius 3 is 2.78 bits per heavy atom. The Kier molecular flexibility index (Phi) is 4.01. The van der Waals surface area contributed by atoms with Crippen LogP contribution in [0.2, 0.25) is 5.15 Å². The molecule has 2 aromatic heterocycles. The van der Waals surface area contributed by atoms with E-state index >= 15 is 0 Å². The molecule has 1 N–H and O–H groups in total. The van der Waals surface area contributed by atoms with Gasteiger partial charge in [-0.3, -0.25) is 0 Å². The van der Waals surface area contributed by atoms with Crippen LogP contribution in [0.1, 0.15) is 33.6 Å². The quantitative estimate of drug-likeness (QED) is 0.846. The molecule has 0 spiro atoms. The van der Waals surface area contributed by atoms with Gasteiger partial charge in [-0.2, -0.15) is 19.6 Å². The Hall–Kier alpha value is -1.36. The van der Waals surface area contributed by atoms with Gasteiger partial charge in [-0.05, 0) is 12.8 Å². The first kappa shape index (κ1) is 13.1. The fraction of sp³-hybridized carbons (Fsp3) is 0.583. The normalized spacial score (nSPS) is 13.2. The highest BCUT2D eigenvalue weighted by Gasteiger charge is 2.15. The van der Waals surface area contributed by atoms with Gasteiger partial charge < -0.3 is 5.32 Å². The number of fused-ring (bicyclic) bond motifs is 1. The maximum atomic E-state index is 5.98. The average molecular weight is 268 g/mol. The number of hydrogen-bond donors (Lipinski definition) is 1. The van der Waals surface area contributed by atoms with Crippen molar-refractivity contribution in [2.45, 2.75) is 39.7 Å². The summed E-state index contributed by atoms with van der Waals surface area (Å²) in [4.78, 5) is 8.15. The molecule has 0 radical (unpaired) electrons. The number of anilines is 1. The topological polar surface area (TPSA) is 55.1 Å². The third kappa shape index (κ3) is 2.56. The zero-order valence-electron chi connectivity index (χ0n) is 10.9. The Morgan fingerprint density at radius 2 is 2.11 bits per heavy atom. The lowest BCUT2D eigenvalue weighted by molar-refractivity contribution is 0.436. The first-order chi connectivity index (χ1) is 8.65. The van der Waals surface area contributed by atoms with Crippen molar-refractivity contribution in [3.8, 4) is 0 Å². The van der Waals surface area contributed by atoms with Crippen molar-refractivity contribution in [2.75, 3.05) is 5.32 Å². The van der Waals surface area contributed by atoms with Gasteiger partial charge in [0.25, 0.3) is 5.78 Å². The molecule has 2 aromatic rings. The SMILES string of the molecule is CCC(CC)C(C)Nc1cc(Cl)nc2ncnn12. The molecule has 0 aliphatic heterocycles. The molecule has 1 unspecified atom stereocenters. The first-order valence-electron chi connectivity index (χ1n) is 6.28. The largest absolute Gasteiger partial charge is 0.367 e. The van der Waals surface area contributed by atoms with Crippen LogP contribution in [0.15, 0.2) is 12.4 Å². The van der Waals surface area contributed by atoms with Gasteiger partial charge in [0.05, 0.1) is 0 Å². The van der Waals surface area contributed by atoms with Crippen molar-refractivity contribution in [1.29, 1.82) is 0 Å². The predicted molar refractivity (Wildman–Crippen MR) is 72.9 cm³/mol. The summed E-state index contributed by atoms with van der Waals surface area (Å²) >= 11 is 5.98. The van der Waals surface area contributed by atoms with E-state index in [-0.39, 0.29) is 0 Å². The van der Waals surface area contributed by atoms with Gasteiger partial charge in [-0.1, -0.05) is 38.3 Å². The van der Waals surface area contributed by atoms with Gasteiger partial charge in [0.2, 0.25) is 0 Å². The maximum Gasteiger partial charge on any atom is 0.255 e. The van der Waals surface area contributed by atoms with E-state index in [1.165, 1.54) is 6.33 Å². The number of hydrogen-bond acceptors (Lipinski definition) is 4. The fourth-order valence-corrected chi connectivity index (χ4v) is 2.41. The molecule has 0 bridgehead atoms. The Bertz CT molecular complexity index is 520. The van der Waals surface area contributed by atoms with E-state index in [0.717, 1.165) is 18.7 Å². The number of rotatable bonds is 5. The van der Waals surface area contributed by atoms with Crippen molar-refractivity contribution in [1.82, 2.24) is 19.6 Å². The Balaban J connectivity index is 2.28. The predicted octanol–water partition coefficient (Wildman–Crippen LogP) is 3.01. The summed E-state index contributed by atoms with van der Waals surface area (Å²) < 4.78 is 1.67. The molecule has 0 aliphatic carbocycles. The Labute approximate surface area is 112 Å². The van der Waals surface area contributed by atoms with Gasteiger partial charge in [0, 0.05) is 12.1 Å². The minimum Gasteiger partial charge on any atom is -0.367 e. The molecular weight excluding hydrogens is 250 g/mol. The number of nitrogens with one attached hydrogen (secondary N) is 1. The summed E-state index contributed by atoms with van der Waals surface area (Å²) in [5, 5.41) is 8.02. The van der Waals surface area contributed by atoms with E-state index in [9.17, 15) is 0 Å². The molecule has 0 aliphatic rings. The van der Waals surface area contributed by atoms with Crippen LogP contribution >= 0.6 is 11.6 Å². The first-order valence-corrected chi connectivity index (χ1v) is 6.66. The molecule has 0 saturated carbocycles. The molecule has 0 fully saturated rings. The lowest BCUT2D eigenvalue weighted by atomic mass is 9.95. The molecule has 0 amide bonds. The summed E-state index contributed by atoms with van der Waals surface area (Å²) in [5.74, 6) is 1.97. The van der Waals surface area contributed by atoms with E-state index in [0.29, 0.717) is 22.9 Å². The van der Waals surface area contributed by atoms with E-state index in [1.807, 2.05) is 0 Å². The summed E-state index contributed by atoms with van der Waals surface area (Å²) in [7, 11) is 0. The van der Waals surface area contributed by atoms with Crippen molar-refractivity contribution in [2.24, 2.45) is 5.92 Å². The second-order valence-electron chi connectivity index (χ2n) is 4.45. The molecule has 2 rings (SSSR count). The average Bonchev–Trinajstić information content (AvgIpc) is 2.78. The highest BCUT2D eigenvalue weighted by molar-refractivity contribution is 6.29. The summed E-state index contributed by atoms with van der Waals surface area (Å²) in [6, 6.07) is 2.13. The van der Waals surface area contributed by atoms with Crippen molar-refractivity contribution in [3.63, 3.8) is 0 Å². The Morgan fingerprint density at radius 1 is 1.39 bits per heavy atom. The number of halogens is 1. The lowest BCUT2D eigenvalue weighted by Crippen LogP contribution is -2.26. The molecule has 2 heterocycles. The van der Waals surface area contributed by atoms with Crippen LogP contribution in [0.25, 0.3) is 5.78 Å². The maximum absolute atomic E-state index is 5.98. The molecule has 0 aromatic carbocycles. The number of nitrogens with zero attached hydrogens (tertiary/aromatic N) is 4. The van der Waals surface area contributed by atoms with Gasteiger partial charge in [-0.25, -0.2) is 0 Å². The van der Waals surface area contributed by atoms with Gasteiger partial charge in [0.1, 0.15) is 17.3 Å². The van der Waals surface area contributed by atoms with Crippen LogP contribution in [0.4, 0.5) is 5.82 Å². The summed E-state index contributed by atoms with van der Waals surface area (Å²) in [6.07, 6.45) is 3.76. The molecule has 1 atom stereocenters. The van der Waals surface area contributed by atoms with Crippen molar-refractivity contribution in [3.05, 3.63) is 17.5 Å². The van der Waals surface area contributed by atoms with Crippen LogP contribution in [0, 0.1) is 5.92 Å². The minimum atomic E-state index is 0.353. The van der Waals surface area contributed by atoms with Gasteiger partial charge in [0.15, 0.2) is 0 Å². The summed E-state index contributed by atoms with van der Waals surface area (Å²) in [6.45, 7) is 6.59. The zero-order valence-corrected chi connectivity index (χ0v) is 11.6. The molecule has 6 heteroatoms. The van der Waals surface area contributed by atoms with E-state index < -0.39 is 0 Å². The minimum absolute atomic E-state index is 0.353. The molecule has 18 heavy (non-hydrogen) atoms. The molecular formula is C12H18ClN5. The van der Waals surface area contributed by atoms with Crippen molar-refractivity contribution < 1.29 is 0 Å². The lowest BCUT2D eigenvalue weighted by Gasteiger charge is -2.23. The van der Waals surface area contributed by atoms with Crippen LogP contribution in [-0.2, 0) is 0 Å². The van der Waals surface area contributed by atoms with Crippen LogP contribution < -0.4 is 5.32 Å². The highest BCUT2D eigenvalue weighted by atomic mass is 35.5. The monoisotopic (exact) mass is 267 g/mol. The highest BCUT2D eigenvalue weighted by Crippen LogP contribution is 2.20. The molecule has 98 valence electrons. The third-order valence-corrected chi connectivity index (χ3v) is 3.55. The van der Waals surface area contributed by atoms with E-state index in [2.05, 4.69) is 41.2 Å². The number of aromatic nitrogens is 4. The van der Waals surface area contributed by atoms with Crippen LogP contribution in [-0.4, -0.2) is 25.6 Å².